The van der Waals surface area contributed by atoms with Gasteiger partial charge in [-0.05, 0) is 70.9 Å². The zero-order valence-electron chi connectivity index (χ0n) is 29.7. The molecule has 50 heavy (non-hydrogen) atoms. The maximum Gasteiger partial charge on any atom is 0.260 e. The van der Waals surface area contributed by atoms with Crippen LogP contribution in [0.25, 0.3) is 11.0 Å². The predicted octanol–water partition coefficient (Wildman–Crippen LogP) is 4.50. The third kappa shape index (κ3) is 8.48. The third-order valence-corrected chi connectivity index (χ3v) is 8.09. The number of ether oxygens (including phenoxy) is 6. The number of pyridine rings is 2. The van der Waals surface area contributed by atoms with Gasteiger partial charge in [-0.25, -0.2) is 19.0 Å². The van der Waals surface area contributed by atoms with Crippen LogP contribution in [0.15, 0.2) is 46.0 Å². The van der Waals surface area contributed by atoms with E-state index in [0.717, 1.165) is 33.5 Å². The summed E-state index contributed by atoms with van der Waals surface area (Å²) in [5, 5.41) is 21.5. The van der Waals surface area contributed by atoms with Gasteiger partial charge >= 0.3 is 0 Å². The van der Waals surface area contributed by atoms with Crippen molar-refractivity contribution in [2.45, 2.75) is 41.5 Å². The summed E-state index contributed by atoms with van der Waals surface area (Å²) in [5.41, 5.74) is 13.2. The summed E-state index contributed by atoms with van der Waals surface area (Å²) < 4.78 is 37.7. The standard InChI is InChI=1S/C35H47N9O6/c1-7-45-13-15-47-17-19-49-34-30(28-11-9-22(3)24(5)43(28)41-34)38-32-26(36)21-27(37)33(40-32)39-31-29-12-10-23(4)25(6)44(29)42-35(31)50-20-18-48-16-14-46-8-2/h9-12,21,36H,7-8,13-20,37H2,1-6H3,(H,38,39,40). The topological polar surface area (TPSA) is 177 Å². The summed E-state index contributed by atoms with van der Waals surface area (Å²) in [5.74, 6) is 1.07. The molecule has 4 aromatic rings. The van der Waals surface area contributed by atoms with E-state index in [1.54, 1.807) is 4.52 Å². The molecule has 15 nitrogen and oxygen atoms in total. The van der Waals surface area contributed by atoms with E-state index < -0.39 is 0 Å². The number of aryl methyl sites for hydroxylation is 4. The first-order chi connectivity index (χ1) is 24.2. The largest absolute Gasteiger partial charge is 0.473 e. The van der Waals surface area contributed by atoms with Crippen LogP contribution in [0, 0.1) is 33.1 Å². The number of nitrogens with zero attached hydrogens (tertiary/aromatic N) is 6. The van der Waals surface area contributed by atoms with Crippen molar-refractivity contribution < 1.29 is 28.4 Å². The van der Waals surface area contributed by atoms with Crippen molar-refractivity contribution in [3.63, 3.8) is 0 Å². The maximum atomic E-state index is 8.75. The second kappa shape index (κ2) is 17.2. The van der Waals surface area contributed by atoms with E-state index >= 15 is 0 Å². The van der Waals surface area contributed by atoms with Crippen LogP contribution in [-0.2, 0) is 18.9 Å². The summed E-state index contributed by atoms with van der Waals surface area (Å²) >= 11 is 0. The minimum Gasteiger partial charge on any atom is -0.473 e. The third-order valence-electron chi connectivity index (χ3n) is 8.09. The Morgan fingerprint density at radius 2 is 1.24 bits per heavy atom. The lowest BCUT2D eigenvalue weighted by Gasteiger charge is -2.15. The van der Waals surface area contributed by atoms with Gasteiger partial charge in [0.2, 0.25) is 0 Å². The fourth-order valence-corrected chi connectivity index (χ4v) is 5.08. The van der Waals surface area contributed by atoms with Crippen LogP contribution in [-0.4, -0.2) is 103 Å². The van der Waals surface area contributed by atoms with Gasteiger partial charge in [-0.2, -0.15) is 0 Å². The SMILES string of the molecule is CCOCCOCCOc1nn2c(C)c(C)ccc2c1N=C1N=C(Nc2c(OCCOCCOCC)nn3c(C)c(C)ccc23)C(=N)C=C1N. The molecule has 0 unspecified atom stereocenters. The molecular formula is C35H47N9O6. The lowest BCUT2D eigenvalue weighted by atomic mass is 10.2. The number of nitrogens with one attached hydrogen (secondary N) is 2. The van der Waals surface area contributed by atoms with Crippen molar-refractivity contribution in [1.29, 1.82) is 5.41 Å². The van der Waals surface area contributed by atoms with Crippen molar-refractivity contribution in [2.24, 2.45) is 15.7 Å². The van der Waals surface area contributed by atoms with Crippen molar-refractivity contribution >= 4 is 39.8 Å². The summed E-state index contributed by atoms with van der Waals surface area (Å²) in [6, 6.07) is 7.89. The Morgan fingerprint density at radius 3 is 1.86 bits per heavy atom. The summed E-state index contributed by atoms with van der Waals surface area (Å²) in [4.78, 5) is 9.59. The first-order valence-electron chi connectivity index (χ1n) is 16.8. The molecule has 4 aromatic heterocycles. The van der Waals surface area contributed by atoms with Crippen molar-refractivity contribution in [2.75, 3.05) is 71.4 Å². The molecule has 268 valence electrons. The minimum atomic E-state index is 0.0712. The average Bonchev–Trinajstić information content (AvgIpc) is 3.63. The number of anilines is 1. The van der Waals surface area contributed by atoms with Gasteiger partial charge in [0.05, 0.1) is 62.1 Å². The van der Waals surface area contributed by atoms with E-state index in [9.17, 15) is 0 Å². The second-order valence-corrected chi connectivity index (χ2v) is 11.5. The van der Waals surface area contributed by atoms with Crippen LogP contribution >= 0.6 is 0 Å². The number of dihydropyridines is 1. The Morgan fingerprint density at radius 1 is 0.720 bits per heavy atom. The predicted molar refractivity (Wildman–Crippen MR) is 193 cm³/mol. The van der Waals surface area contributed by atoms with Gasteiger partial charge in [0.1, 0.15) is 18.9 Å². The molecular weight excluding hydrogens is 642 g/mol. The second-order valence-electron chi connectivity index (χ2n) is 11.5. The normalized spacial score (nSPS) is 14.1. The van der Waals surface area contributed by atoms with Crippen LogP contribution < -0.4 is 20.5 Å². The monoisotopic (exact) mass is 689 g/mol. The molecule has 0 radical (unpaired) electrons. The highest BCUT2D eigenvalue weighted by atomic mass is 16.6. The molecule has 15 heteroatoms. The molecule has 1 aliphatic rings. The lowest BCUT2D eigenvalue weighted by molar-refractivity contribution is 0.0399. The van der Waals surface area contributed by atoms with E-state index in [4.69, 9.17) is 59.7 Å². The van der Waals surface area contributed by atoms with E-state index in [1.165, 1.54) is 6.08 Å². The Labute approximate surface area is 291 Å². The molecule has 5 heterocycles. The van der Waals surface area contributed by atoms with Gasteiger partial charge in [0, 0.05) is 24.6 Å². The average molecular weight is 690 g/mol. The fourth-order valence-electron chi connectivity index (χ4n) is 5.08. The Balaban J connectivity index is 1.44. The molecule has 0 bridgehead atoms. The first-order valence-corrected chi connectivity index (χ1v) is 16.8. The summed E-state index contributed by atoms with van der Waals surface area (Å²) in [6.07, 6.45) is 1.51. The van der Waals surface area contributed by atoms with Gasteiger partial charge in [0.15, 0.2) is 17.4 Å². The summed E-state index contributed by atoms with van der Waals surface area (Å²) in [6.45, 7) is 16.4. The van der Waals surface area contributed by atoms with Gasteiger partial charge in [-0.15, -0.1) is 10.2 Å². The smallest absolute Gasteiger partial charge is 0.260 e. The molecule has 0 aromatic carbocycles. The van der Waals surface area contributed by atoms with Crippen LogP contribution in [0.5, 0.6) is 11.8 Å². The molecule has 0 saturated carbocycles. The first kappa shape index (κ1) is 36.5. The number of hydrogen-bond donors (Lipinski definition) is 3. The van der Waals surface area contributed by atoms with Crippen LogP contribution in [0.3, 0.4) is 0 Å². The Kier molecular flexibility index (Phi) is 12.5. The Bertz CT molecular complexity index is 1910. The van der Waals surface area contributed by atoms with Gasteiger partial charge < -0.3 is 39.5 Å². The highest BCUT2D eigenvalue weighted by Gasteiger charge is 2.24. The van der Waals surface area contributed by atoms with E-state index in [-0.39, 0.29) is 36.3 Å². The zero-order valence-corrected chi connectivity index (χ0v) is 29.7. The molecule has 4 N–H and O–H groups in total. The molecule has 0 fully saturated rings. The van der Waals surface area contributed by atoms with Crippen LogP contribution in [0.1, 0.15) is 36.4 Å². The number of nitrogens with two attached hydrogens (primary N) is 1. The van der Waals surface area contributed by atoms with Gasteiger partial charge in [-0.3, -0.25) is 5.41 Å². The number of aliphatic imine (C=N–C) groups is 2. The van der Waals surface area contributed by atoms with Crippen LogP contribution in [0.2, 0.25) is 0 Å². The summed E-state index contributed by atoms with van der Waals surface area (Å²) in [7, 11) is 0. The van der Waals surface area contributed by atoms with Gasteiger partial charge in [-0.1, -0.05) is 12.1 Å². The van der Waals surface area contributed by atoms with Crippen molar-refractivity contribution in [1.82, 2.24) is 19.2 Å². The highest BCUT2D eigenvalue weighted by Crippen LogP contribution is 2.35. The maximum absolute atomic E-state index is 8.75. The molecule has 0 amide bonds. The fraction of sp³-hybridized carbons (Fsp3) is 0.457. The molecule has 0 spiro atoms. The number of aromatic nitrogens is 4. The molecule has 0 aliphatic carbocycles. The van der Waals surface area contributed by atoms with E-state index in [0.29, 0.717) is 76.0 Å². The number of fused-ring (bicyclic) bond motifs is 2. The van der Waals surface area contributed by atoms with Crippen molar-refractivity contribution in [3.8, 4) is 11.8 Å². The van der Waals surface area contributed by atoms with E-state index in [2.05, 4.69) is 5.32 Å². The highest BCUT2D eigenvalue weighted by molar-refractivity contribution is 6.52. The quantitative estimate of drug-likeness (QED) is 0.126. The number of amidine groups is 2. The molecule has 5 rings (SSSR count). The molecule has 1 aliphatic heterocycles. The minimum absolute atomic E-state index is 0.0712. The number of rotatable bonds is 18. The number of hydrogen-bond acceptors (Lipinski definition) is 12. The Hall–Kier alpha value is -4.83. The molecule has 0 atom stereocenters. The molecule has 0 saturated heterocycles. The van der Waals surface area contributed by atoms with Gasteiger partial charge in [0.25, 0.3) is 11.8 Å². The zero-order chi connectivity index (χ0) is 35.6. The van der Waals surface area contributed by atoms with Crippen LogP contribution in [0.4, 0.5) is 11.4 Å². The lowest BCUT2D eigenvalue weighted by Crippen LogP contribution is -2.29. The van der Waals surface area contributed by atoms with E-state index in [1.807, 2.05) is 70.3 Å². The van der Waals surface area contributed by atoms with Crippen molar-refractivity contribution in [3.05, 3.63) is 58.6 Å².